The van der Waals surface area contributed by atoms with Crippen molar-refractivity contribution in [1.29, 1.82) is 0 Å². The van der Waals surface area contributed by atoms with Gasteiger partial charge in [-0.2, -0.15) is 10.2 Å². The van der Waals surface area contributed by atoms with Crippen molar-refractivity contribution in [2.75, 3.05) is 26.2 Å². The first-order valence-corrected chi connectivity index (χ1v) is 8.46. The second-order valence-electron chi connectivity index (χ2n) is 7.05. The lowest BCUT2D eigenvalue weighted by Gasteiger charge is -2.38. The number of hydrogen-bond donors (Lipinski definition) is 0. The Morgan fingerprint density at radius 2 is 1.88 bits per heavy atom. The Morgan fingerprint density at radius 3 is 2.42 bits per heavy atom. The van der Waals surface area contributed by atoms with Gasteiger partial charge in [0.15, 0.2) is 0 Å². The van der Waals surface area contributed by atoms with E-state index in [4.69, 9.17) is 0 Å². The largest absolute Gasteiger partial charge is 0.338 e. The molecule has 10 nitrogen and oxygen atoms in total. The molecule has 10 heteroatoms. The third-order valence-corrected chi connectivity index (χ3v) is 4.70. The SMILES string of the molecule is Cn1cc(CN2CCN(C(=O)C(C)(C)n3cc([N+](=O)[O-])cn3)CC2)cn1. The van der Waals surface area contributed by atoms with Crippen molar-refractivity contribution in [1.82, 2.24) is 29.4 Å². The van der Waals surface area contributed by atoms with Crippen molar-refractivity contribution >= 4 is 11.6 Å². The summed E-state index contributed by atoms with van der Waals surface area (Å²) in [6.45, 7) is 7.05. The predicted octanol–water partition coefficient (Wildman–Crippen LogP) is 0.604. The molecule has 0 bridgehead atoms. The average molecular weight is 361 g/mol. The maximum absolute atomic E-state index is 12.9. The molecule has 26 heavy (non-hydrogen) atoms. The minimum absolute atomic E-state index is 0.0866. The van der Waals surface area contributed by atoms with Crippen molar-refractivity contribution in [2.45, 2.75) is 25.9 Å². The van der Waals surface area contributed by atoms with Gasteiger partial charge in [0.05, 0.1) is 11.1 Å². The van der Waals surface area contributed by atoms with Crippen LogP contribution in [0.25, 0.3) is 0 Å². The summed E-state index contributed by atoms with van der Waals surface area (Å²) >= 11 is 0. The zero-order valence-electron chi connectivity index (χ0n) is 15.2. The van der Waals surface area contributed by atoms with E-state index in [1.54, 1.807) is 23.4 Å². The van der Waals surface area contributed by atoms with E-state index >= 15 is 0 Å². The molecule has 0 atom stereocenters. The molecule has 2 aromatic rings. The van der Waals surface area contributed by atoms with Gasteiger partial charge >= 0.3 is 5.69 Å². The number of carbonyl (C=O) groups is 1. The van der Waals surface area contributed by atoms with E-state index in [1.807, 2.05) is 19.4 Å². The smallest absolute Gasteiger partial charge is 0.307 e. The van der Waals surface area contributed by atoms with Gasteiger partial charge in [-0.25, -0.2) is 0 Å². The number of nitrogens with zero attached hydrogens (tertiary/aromatic N) is 7. The number of amides is 1. The number of nitro groups is 1. The minimum Gasteiger partial charge on any atom is -0.338 e. The Labute approximate surface area is 151 Å². The monoisotopic (exact) mass is 361 g/mol. The van der Waals surface area contributed by atoms with Gasteiger partial charge in [-0.15, -0.1) is 0 Å². The first-order chi connectivity index (χ1) is 12.3. The third-order valence-electron chi connectivity index (χ3n) is 4.70. The van der Waals surface area contributed by atoms with Crippen molar-refractivity contribution in [3.8, 4) is 0 Å². The van der Waals surface area contributed by atoms with Crippen LogP contribution in [0.4, 0.5) is 5.69 Å². The second kappa shape index (κ2) is 6.87. The van der Waals surface area contributed by atoms with Gasteiger partial charge in [0.2, 0.25) is 5.91 Å². The second-order valence-corrected chi connectivity index (χ2v) is 7.05. The van der Waals surface area contributed by atoms with E-state index in [2.05, 4.69) is 15.1 Å². The summed E-state index contributed by atoms with van der Waals surface area (Å²) in [6.07, 6.45) is 6.31. The molecule has 140 valence electrons. The van der Waals surface area contributed by atoms with Gasteiger partial charge in [0, 0.05) is 51.5 Å². The molecular weight excluding hydrogens is 338 g/mol. The molecule has 1 aliphatic heterocycles. The molecule has 0 saturated carbocycles. The molecule has 0 spiro atoms. The minimum atomic E-state index is -0.972. The molecule has 1 aliphatic rings. The summed E-state index contributed by atoms with van der Waals surface area (Å²) in [7, 11) is 1.89. The Morgan fingerprint density at radius 1 is 1.19 bits per heavy atom. The van der Waals surface area contributed by atoms with Crippen LogP contribution in [0.15, 0.2) is 24.8 Å². The van der Waals surface area contributed by atoms with Gasteiger partial charge in [0.25, 0.3) is 0 Å². The van der Waals surface area contributed by atoms with E-state index in [1.165, 1.54) is 17.1 Å². The number of aromatic nitrogens is 4. The molecule has 1 saturated heterocycles. The molecule has 0 aliphatic carbocycles. The van der Waals surface area contributed by atoms with Gasteiger partial charge in [-0.3, -0.25) is 29.2 Å². The lowest BCUT2D eigenvalue weighted by Crippen LogP contribution is -2.54. The molecule has 3 rings (SSSR count). The number of piperazine rings is 1. The highest BCUT2D eigenvalue weighted by molar-refractivity contribution is 5.83. The summed E-state index contributed by atoms with van der Waals surface area (Å²) in [5.74, 6) is -0.0866. The van der Waals surface area contributed by atoms with E-state index in [-0.39, 0.29) is 11.6 Å². The van der Waals surface area contributed by atoms with E-state index in [9.17, 15) is 14.9 Å². The van der Waals surface area contributed by atoms with Crippen LogP contribution in [0.3, 0.4) is 0 Å². The number of hydrogen-bond acceptors (Lipinski definition) is 6. The topological polar surface area (TPSA) is 102 Å². The van der Waals surface area contributed by atoms with Crippen molar-refractivity contribution in [3.05, 3.63) is 40.5 Å². The molecule has 1 amide bonds. The lowest BCUT2D eigenvalue weighted by atomic mass is 10.0. The Balaban J connectivity index is 1.60. The van der Waals surface area contributed by atoms with Crippen LogP contribution in [0, 0.1) is 10.1 Å². The summed E-state index contributed by atoms with van der Waals surface area (Å²) in [4.78, 5) is 27.3. The summed E-state index contributed by atoms with van der Waals surface area (Å²) in [6, 6.07) is 0. The molecule has 3 heterocycles. The van der Waals surface area contributed by atoms with E-state index in [0.717, 1.165) is 25.2 Å². The molecule has 0 N–H and O–H groups in total. The highest BCUT2D eigenvalue weighted by Gasteiger charge is 2.36. The van der Waals surface area contributed by atoms with Crippen LogP contribution >= 0.6 is 0 Å². The normalized spacial score (nSPS) is 16.0. The molecule has 1 fully saturated rings. The molecular formula is C16H23N7O3. The summed E-state index contributed by atoms with van der Waals surface area (Å²) < 4.78 is 3.15. The van der Waals surface area contributed by atoms with Crippen LogP contribution in [-0.2, 0) is 23.9 Å². The van der Waals surface area contributed by atoms with Gasteiger partial charge in [-0.1, -0.05) is 0 Å². The van der Waals surface area contributed by atoms with Crippen molar-refractivity contribution in [2.24, 2.45) is 7.05 Å². The van der Waals surface area contributed by atoms with Crippen LogP contribution in [0.2, 0.25) is 0 Å². The Bertz CT molecular complexity index is 802. The average Bonchev–Trinajstić information content (AvgIpc) is 3.24. The van der Waals surface area contributed by atoms with E-state index in [0.29, 0.717) is 13.1 Å². The molecule has 2 aromatic heterocycles. The first-order valence-electron chi connectivity index (χ1n) is 8.46. The fourth-order valence-corrected chi connectivity index (χ4v) is 3.12. The standard InChI is InChI=1S/C16H23N7O3/c1-16(2,22-12-14(9-18-22)23(25)26)15(24)21-6-4-20(5-7-21)11-13-8-17-19(3)10-13/h8-10,12H,4-7,11H2,1-3H3. The number of carbonyl (C=O) groups excluding carboxylic acids is 1. The fourth-order valence-electron chi connectivity index (χ4n) is 3.12. The van der Waals surface area contributed by atoms with E-state index < -0.39 is 10.5 Å². The van der Waals surface area contributed by atoms with Gasteiger partial charge in [-0.05, 0) is 13.8 Å². The molecule has 0 aromatic carbocycles. The zero-order chi connectivity index (χ0) is 18.9. The van der Waals surface area contributed by atoms with Crippen LogP contribution < -0.4 is 0 Å². The highest BCUT2D eigenvalue weighted by Crippen LogP contribution is 2.22. The first kappa shape index (κ1) is 18.1. The van der Waals surface area contributed by atoms with Crippen molar-refractivity contribution < 1.29 is 9.72 Å². The molecule has 0 unspecified atom stereocenters. The maximum Gasteiger partial charge on any atom is 0.307 e. The van der Waals surface area contributed by atoms with Crippen molar-refractivity contribution in [3.63, 3.8) is 0 Å². The molecule has 0 radical (unpaired) electrons. The maximum atomic E-state index is 12.9. The highest BCUT2D eigenvalue weighted by atomic mass is 16.6. The summed E-state index contributed by atoms with van der Waals surface area (Å²) in [5, 5.41) is 19.0. The lowest BCUT2D eigenvalue weighted by molar-refractivity contribution is -0.385. The zero-order valence-corrected chi connectivity index (χ0v) is 15.2. The quantitative estimate of drug-likeness (QED) is 0.571. The van der Waals surface area contributed by atoms with Crippen LogP contribution in [0.5, 0.6) is 0 Å². The van der Waals surface area contributed by atoms with Crippen LogP contribution in [-0.4, -0.2) is 66.4 Å². The predicted molar refractivity (Wildman–Crippen MR) is 93.3 cm³/mol. The number of aryl methyl sites for hydroxylation is 1. The van der Waals surface area contributed by atoms with Gasteiger partial charge < -0.3 is 4.90 Å². The van der Waals surface area contributed by atoms with Gasteiger partial charge in [0.1, 0.15) is 17.9 Å². The third kappa shape index (κ3) is 3.59. The Hall–Kier alpha value is -2.75. The number of rotatable bonds is 5. The fraction of sp³-hybridized carbons (Fsp3) is 0.562. The summed E-state index contributed by atoms with van der Waals surface area (Å²) in [5.41, 5.74) is 0.0587. The van der Waals surface area contributed by atoms with Crippen LogP contribution in [0.1, 0.15) is 19.4 Å². The Kier molecular flexibility index (Phi) is 4.77.